The van der Waals surface area contributed by atoms with Crippen LogP contribution in [0, 0.1) is 0 Å². The number of ether oxygens (including phenoxy) is 1. The van der Waals surface area contributed by atoms with E-state index in [1.807, 2.05) is 30.3 Å². The highest BCUT2D eigenvalue weighted by Gasteiger charge is 2.24. The molecule has 1 N–H and O–H groups in total. The molecule has 5 nitrogen and oxygen atoms in total. The smallest absolute Gasteiger partial charge is 0.336 e. The molecule has 152 valence electrons. The molecule has 1 aromatic heterocycles. The molecule has 0 spiro atoms. The summed E-state index contributed by atoms with van der Waals surface area (Å²) >= 11 is 6.50. The summed E-state index contributed by atoms with van der Waals surface area (Å²) in [6, 6.07) is 15.4. The fourth-order valence-corrected chi connectivity index (χ4v) is 4.32. The topological polar surface area (TPSA) is 54.7 Å². The summed E-state index contributed by atoms with van der Waals surface area (Å²) in [5.41, 5.74) is 2.24. The lowest BCUT2D eigenvalue weighted by Crippen LogP contribution is -2.34. The van der Waals surface area contributed by atoms with Crippen LogP contribution in [0.3, 0.4) is 0 Å². The molecule has 2 aromatic carbocycles. The largest absolute Gasteiger partial charge is 0.497 e. The zero-order valence-corrected chi connectivity index (χ0v) is 17.2. The zero-order chi connectivity index (χ0) is 20.2. The van der Waals surface area contributed by atoms with Gasteiger partial charge >= 0.3 is 5.63 Å². The van der Waals surface area contributed by atoms with Crippen LogP contribution >= 0.6 is 11.6 Å². The number of rotatable bonds is 7. The van der Waals surface area contributed by atoms with E-state index in [1.165, 1.54) is 12.8 Å². The number of fused-ring (bicyclic) bond motifs is 1. The van der Waals surface area contributed by atoms with E-state index in [0.29, 0.717) is 17.9 Å². The zero-order valence-electron chi connectivity index (χ0n) is 16.5. The monoisotopic (exact) mass is 412 g/mol. The molecule has 1 atom stereocenters. The Kier molecular flexibility index (Phi) is 6.19. The molecular weight excluding hydrogens is 388 g/mol. The van der Waals surface area contributed by atoms with Gasteiger partial charge < -0.3 is 14.5 Å². The molecule has 1 saturated heterocycles. The second-order valence-electron chi connectivity index (χ2n) is 7.36. The van der Waals surface area contributed by atoms with Crippen LogP contribution in [0.5, 0.6) is 5.75 Å². The first-order valence-corrected chi connectivity index (χ1v) is 10.3. The normalized spacial score (nSPS) is 15.7. The fraction of sp³-hybridized carbons (Fsp3) is 0.348. The molecule has 0 amide bonds. The Hall–Kier alpha value is -2.34. The summed E-state index contributed by atoms with van der Waals surface area (Å²) in [5, 5.41) is 5.25. The van der Waals surface area contributed by atoms with Gasteiger partial charge in [-0.25, -0.2) is 4.79 Å². The molecule has 0 saturated carbocycles. The van der Waals surface area contributed by atoms with Gasteiger partial charge in [-0.15, -0.1) is 0 Å². The molecule has 0 bridgehead atoms. The first-order valence-electron chi connectivity index (χ1n) is 9.95. The standard InChI is InChI=1S/C23H25ClN2O3/c1-28-17-8-9-18-16(12-23(27)29-22(18)13-17)14-25-15-21(26-10-4-5-11-26)19-6-2-3-7-20(19)24/h2-3,6-9,12-13,21,25H,4-5,10-11,14-15H2,1H3/t21-/m1/s1. The van der Waals surface area contributed by atoms with Gasteiger partial charge in [-0.2, -0.15) is 0 Å². The highest BCUT2D eigenvalue weighted by molar-refractivity contribution is 6.31. The lowest BCUT2D eigenvalue weighted by molar-refractivity contribution is 0.238. The lowest BCUT2D eigenvalue weighted by Gasteiger charge is -2.29. The Morgan fingerprint density at radius 3 is 2.72 bits per heavy atom. The van der Waals surface area contributed by atoms with Crippen LogP contribution in [0.2, 0.25) is 5.02 Å². The third-order valence-corrected chi connectivity index (χ3v) is 5.88. The maximum Gasteiger partial charge on any atom is 0.336 e. The van der Waals surface area contributed by atoms with Crippen molar-refractivity contribution in [2.24, 2.45) is 0 Å². The molecule has 3 aromatic rings. The van der Waals surface area contributed by atoms with E-state index < -0.39 is 0 Å². The molecular formula is C23H25ClN2O3. The molecule has 1 fully saturated rings. The Morgan fingerprint density at radius 1 is 1.17 bits per heavy atom. The second-order valence-corrected chi connectivity index (χ2v) is 7.77. The first-order chi connectivity index (χ1) is 14.2. The van der Waals surface area contributed by atoms with Crippen LogP contribution in [-0.2, 0) is 6.54 Å². The van der Waals surface area contributed by atoms with Crippen molar-refractivity contribution in [2.75, 3.05) is 26.7 Å². The number of nitrogens with one attached hydrogen (secondary N) is 1. The van der Waals surface area contributed by atoms with E-state index >= 15 is 0 Å². The fourth-order valence-electron chi connectivity index (χ4n) is 4.06. The van der Waals surface area contributed by atoms with E-state index in [9.17, 15) is 4.79 Å². The van der Waals surface area contributed by atoms with Crippen molar-refractivity contribution >= 4 is 22.6 Å². The SMILES string of the molecule is COc1ccc2c(CNC[C@H](c3ccccc3Cl)N3CCCC3)cc(=O)oc2c1. The third-order valence-electron chi connectivity index (χ3n) is 5.54. The van der Waals surface area contributed by atoms with Crippen LogP contribution < -0.4 is 15.7 Å². The van der Waals surface area contributed by atoms with Crippen LogP contribution in [-0.4, -0.2) is 31.6 Å². The molecule has 6 heteroatoms. The van der Waals surface area contributed by atoms with Gasteiger partial charge in [0, 0.05) is 41.7 Å². The van der Waals surface area contributed by atoms with E-state index in [-0.39, 0.29) is 11.7 Å². The van der Waals surface area contributed by atoms with E-state index in [4.69, 9.17) is 20.8 Å². The van der Waals surface area contributed by atoms with Gasteiger partial charge in [0.25, 0.3) is 0 Å². The van der Waals surface area contributed by atoms with E-state index in [2.05, 4.69) is 16.3 Å². The maximum absolute atomic E-state index is 12.0. The van der Waals surface area contributed by atoms with Crippen molar-refractivity contribution in [1.82, 2.24) is 10.2 Å². The van der Waals surface area contributed by atoms with Gasteiger partial charge in [0.05, 0.1) is 7.11 Å². The molecule has 29 heavy (non-hydrogen) atoms. The number of nitrogens with zero attached hydrogens (tertiary/aromatic N) is 1. The maximum atomic E-state index is 12.0. The predicted molar refractivity (Wildman–Crippen MR) is 116 cm³/mol. The summed E-state index contributed by atoms with van der Waals surface area (Å²) in [7, 11) is 1.60. The number of hydrogen-bond acceptors (Lipinski definition) is 5. The van der Waals surface area contributed by atoms with Crippen LogP contribution in [0.1, 0.15) is 30.0 Å². The molecule has 1 aliphatic heterocycles. The number of likely N-dealkylation sites (tertiary alicyclic amines) is 1. The van der Waals surface area contributed by atoms with Crippen LogP contribution in [0.25, 0.3) is 11.0 Å². The number of benzene rings is 2. The van der Waals surface area contributed by atoms with Crippen LogP contribution in [0.15, 0.2) is 57.7 Å². The Morgan fingerprint density at radius 2 is 1.97 bits per heavy atom. The average molecular weight is 413 g/mol. The second kappa shape index (κ2) is 8.99. The van der Waals surface area contributed by atoms with Gasteiger partial charge in [0.15, 0.2) is 0 Å². The van der Waals surface area contributed by atoms with Gasteiger partial charge in [0.1, 0.15) is 11.3 Å². The van der Waals surface area contributed by atoms with Crippen molar-refractivity contribution in [3.05, 3.63) is 75.1 Å². The van der Waals surface area contributed by atoms with Gasteiger partial charge in [-0.1, -0.05) is 29.8 Å². The molecule has 1 aliphatic rings. The van der Waals surface area contributed by atoms with Gasteiger partial charge in [-0.05, 0) is 55.3 Å². The molecule has 0 aliphatic carbocycles. The van der Waals surface area contributed by atoms with Crippen molar-refractivity contribution in [2.45, 2.75) is 25.4 Å². The Bertz CT molecular complexity index is 1040. The molecule has 0 unspecified atom stereocenters. The van der Waals surface area contributed by atoms with Crippen molar-refractivity contribution in [3.8, 4) is 5.75 Å². The van der Waals surface area contributed by atoms with Gasteiger partial charge in [0.2, 0.25) is 0 Å². The van der Waals surface area contributed by atoms with Crippen molar-refractivity contribution in [3.63, 3.8) is 0 Å². The number of methoxy groups -OCH3 is 1. The lowest BCUT2D eigenvalue weighted by atomic mass is 10.0. The van der Waals surface area contributed by atoms with E-state index in [1.54, 1.807) is 19.2 Å². The Balaban J connectivity index is 1.54. The molecule has 0 radical (unpaired) electrons. The average Bonchev–Trinajstić information content (AvgIpc) is 3.26. The highest BCUT2D eigenvalue weighted by atomic mass is 35.5. The number of halogens is 1. The number of hydrogen-bond donors (Lipinski definition) is 1. The summed E-state index contributed by atoms with van der Waals surface area (Å²) in [6.45, 7) is 3.48. The summed E-state index contributed by atoms with van der Waals surface area (Å²) in [6.07, 6.45) is 2.43. The quantitative estimate of drug-likeness (QED) is 0.583. The first kappa shape index (κ1) is 20.0. The summed E-state index contributed by atoms with van der Waals surface area (Å²) in [5.74, 6) is 0.665. The van der Waals surface area contributed by atoms with Gasteiger partial charge in [-0.3, -0.25) is 4.90 Å². The summed E-state index contributed by atoms with van der Waals surface area (Å²) < 4.78 is 10.6. The van der Waals surface area contributed by atoms with Crippen molar-refractivity contribution < 1.29 is 9.15 Å². The third kappa shape index (κ3) is 4.47. The van der Waals surface area contributed by atoms with Crippen LogP contribution in [0.4, 0.5) is 0 Å². The summed E-state index contributed by atoms with van der Waals surface area (Å²) in [4.78, 5) is 14.5. The minimum atomic E-state index is -0.357. The molecule has 2 heterocycles. The minimum Gasteiger partial charge on any atom is -0.497 e. The van der Waals surface area contributed by atoms with Crippen molar-refractivity contribution in [1.29, 1.82) is 0 Å². The Labute approximate surface area is 175 Å². The highest BCUT2D eigenvalue weighted by Crippen LogP contribution is 2.30. The van der Waals surface area contributed by atoms with E-state index in [0.717, 1.165) is 41.2 Å². The minimum absolute atomic E-state index is 0.206. The molecule has 4 rings (SSSR count). The predicted octanol–water partition coefficient (Wildman–Crippen LogP) is 4.38.